The monoisotopic (exact) mass is 240 g/mol. The Labute approximate surface area is 101 Å². The summed E-state index contributed by atoms with van der Waals surface area (Å²) in [5.41, 5.74) is 0.986. The summed E-state index contributed by atoms with van der Waals surface area (Å²) < 4.78 is 5.16. The van der Waals surface area contributed by atoms with Gasteiger partial charge in [-0.1, -0.05) is 0 Å². The van der Waals surface area contributed by atoms with Gasteiger partial charge in [0.1, 0.15) is 17.5 Å². The molecule has 0 spiro atoms. The SMILES string of the molecule is CNc1nc(C)nc(NCCOCCO)c1C. The first-order chi connectivity index (χ1) is 8.19. The number of anilines is 2. The molecular weight excluding hydrogens is 220 g/mol. The molecule has 3 N–H and O–H groups in total. The number of aliphatic hydroxyl groups excluding tert-OH is 1. The fourth-order valence-electron chi connectivity index (χ4n) is 1.45. The van der Waals surface area contributed by atoms with Crippen LogP contribution in [0.4, 0.5) is 11.6 Å². The summed E-state index contributed by atoms with van der Waals surface area (Å²) in [6.07, 6.45) is 0. The number of nitrogens with zero attached hydrogens (tertiary/aromatic N) is 2. The Hall–Kier alpha value is -1.40. The van der Waals surface area contributed by atoms with Crippen molar-refractivity contribution >= 4 is 11.6 Å². The largest absolute Gasteiger partial charge is 0.394 e. The molecule has 0 aliphatic carbocycles. The highest BCUT2D eigenvalue weighted by molar-refractivity contribution is 5.56. The van der Waals surface area contributed by atoms with Crippen molar-refractivity contribution in [3.63, 3.8) is 0 Å². The predicted molar refractivity (Wildman–Crippen MR) is 67.4 cm³/mol. The van der Waals surface area contributed by atoms with Crippen LogP contribution in [0.5, 0.6) is 0 Å². The van der Waals surface area contributed by atoms with Gasteiger partial charge in [-0.3, -0.25) is 0 Å². The number of aryl methyl sites for hydroxylation is 1. The third kappa shape index (κ3) is 4.16. The van der Waals surface area contributed by atoms with Gasteiger partial charge in [0, 0.05) is 19.2 Å². The standard InChI is InChI=1S/C11H20N4O2/c1-8-10(12-3)14-9(2)15-11(8)13-4-6-17-7-5-16/h16H,4-7H2,1-3H3,(H2,12,13,14,15). The smallest absolute Gasteiger partial charge is 0.134 e. The second-order valence-corrected chi connectivity index (χ2v) is 3.61. The Bertz CT molecular complexity index is 358. The van der Waals surface area contributed by atoms with Gasteiger partial charge in [0.25, 0.3) is 0 Å². The number of nitrogens with one attached hydrogen (secondary N) is 2. The van der Waals surface area contributed by atoms with Gasteiger partial charge in [0.15, 0.2) is 0 Å². The van der Waals surface area contributed by atoms with Crippen molar-refractivity contribution in [3.05, 3.63) is 11.4 Å². The van der Waals surface area contributed by atoms with Crippen LogP contribution in [-0.2, 0) is 4.74 Å². The minimum atomic E-state index is 0.0511. The average Bonchev–Trinajstić information content (AvgIpc) is 2.32. The number of rotatable bonds is 7. The average molecular weight is 240 g/mol. The minimum Gasteiger partial charge on any atom is -0.394 e. The van der Waals surface area contributed by atoms with E-state index in [0.29, 0.717) is 19.8 Å². The summed E-state index contributed by atoms with van der Waals surface area (Å²) in [6, 6.07) is 0. The predicted octanol–water partition coefficient (Wildman–Crippen LogP) is 0.556. The van der Waals surface area contributed by atoms with Gasteiger partial charge in [-0.15, -0.1) is 0 Å². The fourth-order valence-corrected chi connectivity index (χ4v) is 1.45. The van der Waals surface area contributed by atoms with E-state index in [1.807, 2.05) is 20.9 Å². The van der Waals surface area contributed by atoms with Crippen LogP contribution >= 0.6 is 0 Å². The molecule has 0 aliphatic heterocycles. The molecule has 6 nitrogen and oxygen atoms in total. The maximum Gasteiger partial charge on any atom is 0.134 e. The number of aromatic nitrogens is 2. The summed E-state index contributed by atoms with van der Waals surface area (Å²) in [5.74, 6) is 2.37. The van der Waals surface area contributed by atoms with Crippen LogP contribution in [0.1, 0.15) is 11.4 Å². The molecule has 1 aromatic rings. The molecule has 17 heavy (non-hydrogen) atoms. The Morgan fingerprint density at radius 2 is 1.88 bits per heavy atom. The molecule has 0 aliphatic rings. The maximum atomic E-state index is 8.56. The van der Waals surface area contributed by atoms with E-state index in [2.05, 4.69) is 20.6 Å². The molecule has 0 atom stereocenters. The van der Waals surface area contributed by atoms with Gasteiger partial charge in [-0.25, -0.2) is 9.97 Å². The Balaban J connectivity index is 2.55. The molecular formula is C11H20N4O2. The lowest BCUT2D eigenvalue weighted by atomic mass is 10.3. The molecule has 1 rings (SSSR count). The van der Waals surface area contributed by atoms with Crippen molar-refractivity contribution in [1.29, 1.82) is 0 Å². The van der Waals surface area contributed by atoms with Gasteiger partial charge in [-0.2, -0.15) is 0 Å². The van der Waals surface area contributed by atoms with Crippen molar-refractivity contribution in [2.45, 2.75) is 13.8 Å². The third-order valence-electron chi connectivity index (χ3n) is 2.27. The van der Waals surface area contributed by atoms with Crippen LogP contribution < -0.4 is 10.6 Å². The second-order valence-electron chi connectivity index (χ2n) is 3.61. The van der Waals surface area contributed by atoms with E-state index in [9.17, 15) is 0 Å². The molecule has 0 amide bonds. The lowest BCUT2D eigenvalue weighted by Gasteiger charge is -2.12. The highest BCUT2D eigenvalue weighted by atomic mass is 16.5. The van der Waals surface area contributed by atoms with Crippen LogP contribution in [0.3, 0.4) is 0 Å². The van der Waals surface area contributed by atoms with Crippen molar-refractivity contribution in [3.8, 4) is 0 Å². The number of aliphatic hydroxyl groups is 1. The highest BCUT2D eigenvalue weighted by Crippen LogP contribution is 2.18. The Morgan fingerprint density at radius 3 is 2.53 bits per heavy atom. The zero-order valence-corrected chi connectivity index (χ0v) is 10.6. The lowest BCUT2D eigenvalue weighted by Crippen LogP contribution is -2.14. The summed E-state index contributed by atoms with van der Waals surface area (Å²) in [7, 11) is 1.84. The number of hydrogen-bond donors (Lipinski definition) is 3. The summed E-state index contributed by atoms with van der Waals surface area (Å²) in [5, 5.41) is 14.8. The van der Waals surface area contributed by atoms with E-state index < -0.39 is 0 Å². The first-order valence-corrected chi connectivity index (χ1v) is 5.64. The van der Waals surface area contributed by atoms with Gasteiger partial charge in [0.05, 0.1) is 19.8 Å². The van der Waals surface area contributed by atoms with E-state index in [-0.39, 0.29) is 6.61 Å². The molecule has 0 bridgehead atoms. The molecule has 1 aromatic heterocycles. The molecule has 96 valence electrons. The van der Waals surface area contributed by atoms with E-state index in [1.54, 1.807) is 0 Å². The fraction of sp³-hybridized carbons (Fsp3) is 0.636. The summed E-state index contributed by atoms with van der Waals surface area (Å²) >= 11 is 0. The number of hydrogen-bond acceptors (Lipinski definition) is 6. The maximum absolute atomic E-state index is 8.56. The molecule has 0 unspecified atom stereocenters. The van der Waals surface area contributed by atoms with Crippen LogP contribution in [0, 0.1) is 13.8 Å². The van der Waals surface area contributed by atoms with Crippen molar-refractivity contribution in [2.75, 3.05) is 44.0 Å². The van der Waals surface area contributed by atoms with Crippen molar-refractivity contribution in [1.82, 2.24) is 9.97 Å². The topological polar surface area (TPSA) is 79.3 Å². The molecule has 0 saturated heterocycles. The normalized spacial score (nSPS) is 10.4. The zero-order valence-electron chi connectivity index (χ0n) is 10.6. The molecule has 1 heterocycles. The minimum absolute atomic E-state index is 0.0511. The van der Waals surface area contributed by atoms with Crippen molar-refractivity contribution in [2.24, 2.45) is 0 Å². The summed E-state index contributed by atoms with van der Waals surface area (Å²) in [6.45, 7) is 5.43. The third-order valence-corrected chi connectivity index (χ3v) is 2.27. The zero-order chi connectivity index (χ0) is 12.7. The molecule has 6 heteroatoms. The van der Waals surface area contributed by atoms with Gasteiger partial charge in [-0.05, 0) is 13.8 Å². The van der Waals surface area contributed by atoms with Crippen LogP contribution in [-0.4, -0.2) is 48.5 Å². The van der Waals surface area contributed by atoms with Gasteiger partial charge < -0.3 is 20.5 Å². The Kier molecular flexibility index (Phi) is 5.65. The first-order valence-electron chi connectivity index (χ1n) is 5.64. The summed E-state index contributed by atoms with van der Waals surface area (Å²) in [4.78, 5) is 8.61. The van der Waals surface area contributed by atoms with Crippen molar-refractivity contribution < 1.29 is 9.84 Å². The van der Waals surface area contributed by atoms with Crippen LogP contribution in [0.25, 0.3) is 0 Å². The molecule has 0 fully saturated rings. The van der Waals surface area contributed by atoms with E-state index in [1.165, 1.54) is 0 Å². The lowest BCUT2D eigenvalue weighted by molar-refractivity contribution is 0.0992. The van der Waals surface area contributed by atoms with E-state index >= 15 is 0 Å². The van der Waals surface area contributed by atoms with E-state index in [4.69, 9.17) is 9.84 Å². The Morgan fingerprint density at radius 1 is 1.18 bits per heavy atom. The highest BCUT2D eigenvalue weighted by Gasteiger charge is 2.06. The molecule has 0 radical (unpaired) electrons. The van der Waals surface area contributed by atoms with Crippen LogP contribution in [0.15, 0.2) is 0 Å². The first kappa shape index (κ1) is 13.7. The quantitative estimate of drug-likeness (QED) is 0.604. The van der Waals surface area contributed by atoms with E-state index in [0.717, 1.165) is 23.0 Å². The van der Waals surface area contributed by atoms with Gasteiger partial charge in [0.2, 0.25) is 0 Å². The van der Waals surface area contributed by atoms with Gasteiger partial charge >= 0.3 is 0 Å². The number of ether oxygens (including phenoxy) is 1. The second kappa shape index (κ2) is 7.03. The molecule has 0 saturated carbocycles. The molecule has 0 aromatic carbocycles. The van der Waals surface area contributed by atoms with Crippen LogP contribution in [0.2, 0.25) is 0 Å².